The van der Waals surface area contributed by atoms with Crippen molar-refractivity contribution in [2.45, 2.75) is 19.5 Å². The van der Waals surface area contributed by atoms with Gasteiger partial charge in [-0.3, -0.25) is 9.59 Å². The topological polar surface area (TPSA) is 83.6 Å². The van der Waals surface area contributed by atoms with Gasteiger partial charge in [0.2, 0.25) is 5.91 Å². The molecule has 5 heteroatoms. The van der Waals surface area contributed by atoms with E-state index in [1.165, 1.54) is 4.90 Å². The Labute approximate surface area is 99.8 Å². The quantitative estimate of drug-likeness (QED) is 0.777. The first-order valence-electron chi connectivity index (χ1n) is 5.31. The van der Waals surface area contributed by atoms with E-state index in [9.17, 15) is 9.59 Å². The van der Waals surface area contributed by atoms with Crippen molar-refractivity contribution < 1.29 is 14.7 Å². The normalized spacial score (nSPS) is 11.9. The maximum absolute atomic E-state index is 11.7. The second-order valence-corrected chi connectivity index (χ2v) is 3.86. The number of carbonyl (C=O) groups excluding carboxylic acids is 1. The maximum atomic E-state index is 11.7. The number of rotatable bonds is 5. The van der Waals surface area contributed by atoms with E-state index in [1.54, 1.807) is 6.92 Å². The van der Waals surface area contributed by atoms with Crippen molar-refractivity contribution >= 4 is 11.9 Å². The van der Waals surface area contributed by atoms with Crippen molar-refractivity contribution in [3.05, 3.63) is 35.9 Å². The molecule has 0 radical (unpaired) electrons. The summed E-state index contributed by atoms with van der Waals surface area (Å²) in [4.78, 5) is 23.7. The minimum Gasteiger partial charge on any atom is -0.480 e. The van der Waals surface area contributed by atoms with Crippen LogP contribution in [0.3, 0.4) is 0 Å². The summed E-state index contributed by atoms with van der Waals surface area (Å²) in [5.41, 5.74) is 6.36. The SMILES string of the molecule is CC(N)C(=O)N(CC(=O)O)Cc1ccccc1. The number of amides is 1. The molecule has 1 amide bonds. The lowest BCUT2D eigenvalue weighted by Crippen LogP contribution is -2.44. The van der Waals surface area contributed by atoms with E-state index in [0.29, 0.717) is 0 Å². The third-order valence-corrected chi connectivity index (χ3v) is 2.24. The van der Waals surface area contributed by atoms with Crippen LogP contribution in [-0.4, -0.2) is 34.5 Å². The summed E-state index contributed by atoms with van der Waals surface area (Å²) < 4.78 is 0. The second kappa shape index (κ2) is 6.00. The predicted octanol–water partition coefficient (Wildman–Crippen LogP) is 0.447. The van der Waals surface area contributed by atoms with Gasteiger partial charge in [0.25, 0.3) is 0 Å². The molecule has 1 rings (SSSR count). The van der Waals surface area contributed by atoms with Gasteiger partial charge in [0.15, 0.2) is 0 Å². The Morgan fingerprint density at radius 1 is 1.35 bits per heavy atom. The van der Waals surface area contributed by atoms with Crippen LogP contribution in [0, 0.1) is 0 Å². The summed E-state index contributed by atoms with van der Waals surface area (Å²) in [6.45, 7) is 1.46. The summed E-state index contributed by atoms with van der Waals surface area (Å²) in [5, 5.41) is 8.76. The minimum atomic E-state index is -1.05. The fourth-order valence-electron chi connectivity index (χ4n) is 1.47. The molecule has 0 aromatic heterocycles. The van der Waals surface area contributed by atoms with Gasteiger partial charge in [0.05, 0.1) is 6.04 Å². The van der Waals surface area contributed by atoms with Crippen molar-refractivity contribution in [3.63, 3.8) is 0 Å². The number of carboxylic acids is 1. The van der Waals surface area contributed by atoms with E-state index in [2.05, 4.69) is 0 Å². The Morgan fingerprint density at radius 3 is 2.41 bits per heavy atom. The first-order chi connectivity index (χ1) is 8.00. The molecule has 1 aromatic carbocycles. The molecule has 0 fully saturated rings. The van der Waals surface area contributed by atoms with Gasteiger partial charge in [-0.2, -0.15) is 0 Å². The second-order valence-electron chi connectivity index (χ2n) is 3.86. The molecule has 0 aliphatic heterocycles. The summed E-state index contributed by atoms with van der Waals surface area (Å²) >= 11 is 0. The number of hydrogen-bond acceptors (Lipinski definition) is 3. The largest absolute Gasteiger partial charge is 0.480 e. The van der Waals surface area contributed by atoms with Gasteiger partial charge in [-0.05, 0) is 12.5 Å². The van der Waals surface area contributed by atoms with Crippen LogP contribution < -0.4 is 5.73 Å². The molecular formula is C12H16N2O3. The molecule has 1 aromatic rings. The number of hydrogen-bond donors (Lipinski definition) is 2. The first kappa shape index (κ1) is 13.2. The van der Waals surface area contributed by atoms with E-state index in [4.69, 9.17) is 10.8 Å². The molecule has 5 nitrogen and oxygen atoms in total. The van der Waals surface area contributed by atoms with E-state index in [-0.39, 0.29) is 19.0 Å². The number of aliphatic carboxylic acids is 1. The lowest BCUT2D eigenvalue weighted by atomic mass is 10.2. The summed E-state index contributed by atoms with van der Waals surface area (Å²) in [6.07, 6.45) is 0. The smallest absolute Gasteiger partial charge is 0.323 e. The van der Waals surface area contributed by atoms with Gasteiger partial charge >= 0.3 is 5.97 Å². The number of nitrogens with two attached hydrogens (primary N) is 1. The van der Waals surface area contributed by atoms with Gasteiger partial charge in [0.1, 0.15) is 6.54 Å². The standard InChI is InChI=1S/C12H16N2O3/c1-9(13)12(17)14(8-11(15)16)7-10-5-3-2-4-6-10/h2-6,9H,7-8,13H2,1H3,(H,15,16). The van der Waals surface area contributed by atoms with E-state index < -0.39 is 12.0 Å². The lowest BCUT2D eigenvalue weighted by molar-refractivity contribution is -0.145. The molecule has 0 saturated heterocycles. The fourth-order valence-corrected chi connectivity index (χ4v) is 1.47. The van der Waals surface area contributed by atoms with Crippen LogP contribution >= 0.6 is 0 Å². The molecule has 0 saturated carbocycles. The van der Waals surface area contributed by atoms with Crippen LogP contribution in [0.5, 0.6) is 0 Å². The van der Waals surface area contributed by atoms with Gasteiger partial charge < -0.3 is 15.7 Å². The molecular weight excluding hydrogens is 220 g/mol. The first-order valence-corrected chi connectivity index (χ1v) is 5.31. The minimum absolute atomic E-state index is 0.257. The Morgan fingerprint density at radius 2 is 1.94 bits per heavy atom. The Kier molecular flexibility index (Phi) is 4.66. The highest BCUT2D eigenvalue weighted by Gasteiger charge is 2.19. The number of benzene rings is 1. The summed E-state index contributed by atoms with van der Waals surface area (Å²) in [5.74, 6) is -1.41. The molecule has 1 atom stereocenters. The van der Waals surface area contributed by atoms with Crippen LogP contribution in [0.1, 0.15) is 12.5 Å². The van der Waals surface area contributed by atoms with E-state index in [0.717, 1.165) is 5.56 Å². The highest BCUT2D eigenvalue weighted by molar-refractivity contribution is 5.84. The fraction of sp³-hybridized carbons (Fsp3) is 0.333. The number of carboxylic acid groups (broad SMARTS) is 1. The molecule has 0 aliphatic rings. The van der Waals surface area contributed by atoms with Crippen molar-refractivity contribution in [1.29, 1.82) is 0 Å². The van der Waals surface area contributed by atoms with Crippen LogP contribution in [0.25, 0.3) is 0 Å². The molecule has 17 heavy (non-hydrogen) atoms. The van der Waals surface area contributed by atoms with Crippen molar-refractivity contribution in [2.24, 2.45) is 5.73 Å². The molecule has 3 N–H and O–H groups in total. The third-order valence-electron chi connectivity index (χ3n) is 2.24. The molecule has 92 valence electrons. The van der Waals surface area contributed by atoms with E-state index in [1.807, 2.05) is 30.3 Å². The predicted molar refractivity (Wildman–Crippen MR) is 63.1 cm³/mol. The van der Waals surface area contributed by atoms with Gasteiger partial charge in [-0.1, -0.05) is 30.3 Å². The third kappa shape index (κ3) is 4.24. The van der Waals surface area contributed by atoms with E-state index >= 15 is 0 Å². The lowest BCUT2D eigenvalue weighted by Gasteiger charge is -2.22. The van der Waals surface area contributed by atoms with Gasteiger partial charge in [0, 0.05) is 6.54 Å². The molecule has 0 bridgehead atoms. The van der Waals surface area contributed by atoms with Crippen LogP contribution in [0.2, 0.25) is 0 Å². The zero-order valence-corrected chi connectivity index (χ0v) is 9.67. The average molecular weight is 236 g/mol. The maximum Gasteiger partial charge on any atom is 0.323 e. The average Bonchev–Trinajstić information content (AvgIpc) is 2.28. The highest BCUT2D eigenvalue weighted by atomic mass is 16.4. The summed E-state index contributed by atoms with van der Waals surface area (Å²) in [7, 11) is 0. The van der Waals surface area contributed by atoms with Crippen LogP contribution in [-0.2, 0) is 16.1 Å². The van der Waals surface area contributed by atoms with Crippen molar-refractivity contribution in [3.8, 4) is 0 Å². The Hall–Kier alpha value is -1.88. The molecule has 1 unspecified atom stereocenters. The monoisotopic (exact) mass is 236 g/mol. The zero-order valence-electron chi connectivity index (χ0n) is 9.67. The number of nitrogens with zero attached hydrogens (tertiary/aromatic N) is 1. The van der Waals surface area contributed by atoms with Gasteiger partial charge in [-0.25, -0.2) is 0 Å². The zero-order chi connectivity index (χ0) is 12.8. The highest BCUT2D eigenvalue weighted by Crippen LogP contribution is 2.05. The summed E-state index contributed by atoms with van der Waals surface area (Å²) in [6, 6.07) is 8.51. The van der Waals surface area contributed by atoms with Gasteiger partial charge in [-0.15, -0.1) is 0 Å². The van der Waals surface area contributed by atoms with Crippen LogP contribution in [0.15, 0.2) is 30.3 Å². The van der Waals surface area contributed by atoms with Crippen molar-refractivity contribution in [1.82, 2.24) is 4.90 Å². The Bertz CT molecular complexity index is 390. The molecule has 0 spiro atoms. The molecule has 0 heterocycles. The van der Waals surface area contributed by atoms with Crippen LogP contribution in [0.4, 0.5) is 0 Å². The van der Waals surface area contributed by atoms with Crippen molar-refractivity contribution in [2.75, 3.05) is 6.54 Å². The molecule has 0 aliphatic carbocycles. The Balaban J connectivity index is 2.77. The number of carbonyl (C=O) groups is 2.